The summed E-state index contributed by atoms with van der Waals surface area (Å²) in [6.07, 6.45) is 1.70. The summed E-state index contributed by atoms with van der Waals surface area (Å²) in [7, 11) is 0. The van der Waals surface area contributed by atoms with Crippen LogP contribution in [0, 0.1) is 13.8 Å². The molecule has 0 aliphatic carbocycles. The zero-order valence-corrected chi connectivity index (χ0v) is 11.9. The standard InChI is InChI=1S/C13H20N4O2/c1-5-10(13-8(3)17-19-9(13)4)14-7-12-16-15-11(6-2)18-12/h10,14H,5-7H2,1-4H3/t10-/m1/s1. The maximum Gasteiger partial charge on any atom is 0.230 e. The third-order valence-electron chi connectivity index (χ3n) is 3.16. The lowest BCUT2D eigenvalue weighted by Crippen LogP contribution is -2.21. The van der Waals surface area contributed by atoms with Gasteiger partial charge in [0.15, 0.2) is 0 Å². The van der Waals surface area contributed by atoms with Crippen molar-refractivity contribution in [3.05, 3.63) is 28.8 Å². The molecule has 0 aliphatic rings. The molecule has 2 aromatic heterocycles. The molecule has 19 heavy (non-hydrogen) atoms. The number of rotatable bonds is 6. The number of nitrogens with one attached hydrogen (secondary N) is 1. The van der Waals surface area contributed by atoms with Gasteiger partial charge in [0.1, 0.15) is 5.76 Å². The Balaban J connectivity index is 2.04. The Labute approximate surface area is 112 Å². The summed E-state index contributed by atoms with van der Waals surface area (Å²) in [6.45, 7) is 8.55. The van der Waals surface area contributed by atoms with E-state index in [1.165, 1.54) is 0 Å². The SMILES string of the molecule is CCc1nnc(CN[C@H](CC)c2c(C)noc2C)o1. The van der Waals surface area contributed by atoms with E-state index >= 15 is 0 Å². The van der Waals surface area contributed by atoms with E-state index in [0.717, 1.165) is 29.9 Å². The first kappa shape index (κ1) is 13.7. The van der Waals surface area contributed by atoms with E-state index in [2.05, 4.69) is 27.6 Å². The highest BCUT2D eigenvalue weighted by Gasteiger charge is 2.19. The minimum atomic E-state index is 0.184. The van der Waals surface area contributed by atoms with Crippen LogP contribution in [-0.4, -0.2) is 15.4 Å². The first-order valence-electron chi connectivity index (χ1n) is 6.63. The molecule has 0 fully saturated rings. The van der Waals surface area contributed by atoms with Crippen molar-refractivity contribution in [2.75, 3.05) is 0 Å². The lowest BCUT2D eigenvalue weighted by molar-refractivity contribution is 0.385. The van der Waals surface area contributed by atoms with Crippen LogP contribution >= 0.6 is 0 Å². The molecular weight excluding hydrogens is 244 g/mol. The summed E-state index contributed by atoms with van der Waals surface area (Å²) >= 11 is 0. The van der Waals surface area contributed by atoms with Gasteiger partial charge in [-0.05, 0) is 20.3 Å². The zero-order chi connectivity index (χ0) is 13.8. The minimum absolute atomic E-state index is 0.184. The van der Waals surface area contributed by atoms with E-state index in [0.29, 0.717) is 18.3 Å². The molecule has 2 rings (SSSR count). The second-order valence-corrected chi connectivity index (χ2v) is 4.52. The molecule has 0 saturated heterocycles. The minimum Gasteiger partial charge on any atom is -0.424 e. The van der Waals surface area contributed by atoms with Crippen LogP contribution in [0.5, 0.6) is 0 Å². The summed E-state index contributed by atoms with van der Waals surface area (Å²) < 4.78 is 10.7. The molecule has 0 saturated carbocycles. The monoisotopic (exact) mass is 264 g/mol. The Kier molecular flexibility index (Phi) is 4.31. The molecule has 0 unspecified atom stereocenters. The average Bonchev–Trinajstić information content (AvgIpc) is 3.00. The topological polar surface area (TPSA) is 77.0 Å². The molecule has 2 aromatic rings. The van der Waals surface area contributed by atoms with Crippen LogP contribution in [0.4, 0.5) is 0 Å². The van der Waals surface area contributed by atoms with Crippen molar-refractivity contribution in [3.8, 4) is 0 Å². The van der Waals surface area contributed by atoms with Crippen LogP contribution in [0.25, 0.3) is 0 Å². The Hall–Kier alpha value is -1.69. The van der Waals surface area contributed by atoms with Crippen molar-refractivity contribution in [3.63, 3.8) is 0 Å². The maximum atomic E-state index is 5.48. The van der Waals surface area contributed by atoms with Gasteiger partial charge in [0.05, 0.1) is 12.2 Å². The van der Waals surface area contributed by atoms with Gasteiger partial charge in [0, 0.05) is 18.0 Å². The number of aryl methyl sites for hydroxylation is 3. The largest absolute Gasteiger partial charge is 0.424 e. The average molecular weight is 264 g/mol. The third-order valence-corrected chi connectivity index (χ3v) is 3.16. The lowest BCUT2D eigenvalue weighted by Gasteiger charge is -2.15. The Morgan fingerprint density at radius 2 is 1.89 bits per heavy atom. The van der Waals surface area contributed by atoms with Crippen LogP contribution in [0.2, 0.25) is 0 Å². The van der Waals surface area contributed by atoms with Crippen LogP contribution in [-0.2, 0) is 13.0 Å². The van der Waals surface area contributed by atoms with Crippen molar-refractivity contribution < 1.29 is 8.94 Å². The third kappa shape index (κ3) is 3.01. The van der Waals surface area contributed by atoms with Gasteiger partial charge >= 0.3 is 0 Å². The number of hydrogen-bond donors (Lipinski definition) is 1. The van der Waals surface area contributed by atoms with Crippen molar-refractivity contribution in [1.82, 2.24) is 20.7 Å². The molecule has 6 heteroatoms. The second kappa shape index (κ2) is 5.97. The predicted octanol–water partition coefficient (Wildman–Crippen LogP) is 2.48. The molecule has 0 aromatic carbocycles. The summed E-state index contributed by atoms with van der Waals surface area (Å²) in [6, 6.07) is 0.184. The highest BCUT2D eigenvalue weighted by molar-refractivity contribution is 5.24. The highest BCUT2D eigenvalue weighted by Crippen LogP contribution is 2.24. The van der Waals surface area contributed by atoms with Gasteiger partial charge in [0.2, 0.25) is 11.8 Å². The van der Waals surface area contributed by atoms with Crippen molar-refractivity contribution in [2.45, 2.75) is 53.1 Å². The van der Waals surface area contributed by atoms with Crippen LogP contribution < -0.4 is 5.32 Å². The van der Waals surface area contributed by atoms with E-state index in [-0.39, 0.29) is 6.04 Å². The van der Waals surface area contributed by atoms with E-state index in [9.17, 15) is 0 Å². The molecule has 0 amide bonds. The van der Waals surface area contributed by atoms with Gasteiger partial charge in [-0.25, -0.2) is 0 Å². The van der Waals surface area contributed by atoms with Crippen molar-refractivity contribution in [1.29, 1.82) is 0 Å². The van der Waals surface area contributed by atoms with Crippen molar-refractivity contribution in [2.24, 2.45) is 0 Å². The maximum absolute atomic E-state index is 5.48. The van der Waals surface area contributed by atoms with Gasteiger partial charge in [-0.2, -0.15) is 0 Å². The second-order valence-electron chi connectivity index (χ2n) is 4.52. The van der Waals surface area contributed by atoms with Gasteiger partial charge in [-0.3, -0.25) is 0 Å². The summed E-state index contributed by atoms with van der Waals surface area (Å²) in [5, 5.41) is 15.4. The quantitative estimate of drug-likeness (QED) is 0.863. The van der Waals surface area contributed by atoms with Crippen LogP contribution in [0.15, 0.2) is 8.94 Å². The number of hydrogen-bond acceptors (Lipinski definition) is 6. The highest BCUT2D eigenvalue weighted by atomic mass is 16.5. The Morgan fingerprint density at radius 1 is 1.16 bits per heavy atom. The molecule has 104 valence electrons. The first-order chi connectivity index (χ1) is 9.15. The summed E-state index contributed by atoms with van der Waals surface area (Å²) in [5.41, 5.74) is 2.05. The molecule has 0 aliphatic heterocycles. The fourth-order valence-electron chi connectivity index (χ4n) is 2.15. The van der Waals surface area contributed by atoms with Gasteiger partial charge in [-0.15, -0.1) is 10.2 Å². The first-order valence-corrected chi connectivity index (χ1v) is 6.63. The number of nitrogens with zero attached hydrogens (tertiary/aromatic N) is 3. The van der Waals surface area contributed by atoms with E-state index in [1.54, 1.807) is 0 Å². The molecule has 6 nitrogen and oxygen atoms in total. The van der Waals surface area contributed by atoms with Crippen molar-refractivity contribution >= 4 is 0 Å². The summed E-state index contributed by atoms with van der Waals surface area (Å²) in [4.78, 5) is 0. The fraction of sp³-hybridized carbons (Fsp3) is 0.615. The normalized spacial score (nSPS) is 12.8. The van der Waals surface area contributed by atoms with E-state index in [4.69, 9.17) is 8.94 Å². The molecule has 0 spiro atoms. The fourth-order valence-corrected chi connectivity index (χ4v) is 2.15. The Morgan fingerprint density at radius 3 is 2.42 bits per heavy atom. The lowest BCUT2D eigenvalue weighted by atomic mass is 10.0. The molecule has 1 atom stereocenters. The van der Waals surface area contributed by atoms with Gasteiger partial charge in [0.25, 0.3) is 0 Å². The molecular formula is C13H20N4O2. The molecule has 1 N–H and O–H groups in total. The zero-order valence-electron chi connectivity index (χ0n) is 11.9. The van der Waals surface area contributed by atoms with E-state index in [1.807, 2.05) is 20.8 Å². The Bertz CT molecular complexity index is 513. The van der Waals surface area contributed by atoms with Gasteiger partial charge < -0.3 is 14.3 Å². The van der Waals surface area contributed by atoms with Crippen LogP contribution in [0.3, 0.4) is 0 Å². The van der Waals surface area contributed by atoms with E-state index < -0.39 is 0 Å². The molecule has 2 heterocycles. The molecule has 0 bridgehead atoms. The van der Waals surface area contributed by atoms with Gasteiger partial charge in [-0.1, -0.05) is 19.0 Å². The smallest absolute Gasteiger partial charge is 0.230 e. The van der Waals surface area contributed by atoms with Crippen LogP contribution in [0.1, 0.15) is 55.1 Å². The molecule has 0 radical (unpaired) electrons. The predicted molar refractivity (Wildman–Crippen MR) is 69.5 cm³/mol. The summed E-state index contributed by atoms with van der Waals surface area (Å²) in [5.74, 6) is 2.14. The number of aromatic nitrogens is 3.